The van der Waals surface area contributed by atoms with E-state index in [-0.39, 0.29) is 0 Å². The number of rotatable bonds is 2. The van der Waals surface area contributed by atoms with Crippen LogP contribution in [0.15, 0.2) is 0 Å². The maximum atomic E-state index is 2.38. The van der Waals surface area contributed by atoms with Gasteiger partial charge in [0.05, 0.1) is 0 Å². The van der Waals surface area contributed by atoms with Gasteiger partial charge in [-0.3, -0.25) is 0 Å². The van der Waals surface area contributed by atoms with Crippen molar-refractivity contribution in [3.8, 4) is 0 Å². The van der Waals surface area contributed by atoms with Crippen LogP contribution in [-0.2, 0) is 0 Å². The summed E-state index contributed by atoms with van der Waals surface area (Å²) in [5, 5.41) is 0. The molecule has 2 fully saturated rings. The molecule has 0 amide bonds. The Morgan fingerprint density at radius 3 is 2.07 bits per heavy atom. The van der Waals surface area contributed by atoms with Crippen molar-refractivity contribution in [2.24, 2.45) is 17.8 Å². The third-order valence-corrected chi connectivity index (χ3v) is 4.78. The molecule has 0 aliphatic heterocycles. The van der Waals surface area contributed by atoms with Crippen LogP contribution in [0.4, 0.5) is 0 Å². The van der Waals surface area contributed by atoms with E-state index in [0.29, 0.717) is 0 Å². The van der Waals surface area contributed by atoms with Crippen LogP contribution in [-0.4, -0.2) is 0 Å². The van der Waals surface area contributed by atoms with Crippen molar-refractivity contribution < 1.29 is 0 Å². The Kier molecular flexibility index (Phi) is 3.89. The molecule has 0 heterocycles. The van der Waals surface area contributed by atoms with Crippen LogP contribution in [0, 0.1) is 17.8 Å². The van der Waals surface area contributed by atoms with Gasteiger partial charge in [-0.15, -0.1) is 0 Å². The van der Waals surface area contributed by atoms with Gasteiger partial charge >= 0.3 is 0 Å². The standard InChI is InChI=1S/C14H26/c1-2-12-6-5-9-14(11-10-12)13-7-3-4-8-13/h12-14H,2-11H2,1H3. The fraction of sp³-hybridized carbons (Fsp3) is 1.00. The van der Waals surface area contributed by atoms with Gasteiger partial charge in [-0.1, -0.05) is 64.7 Å². The van der Waals surface area contributed by atoms with E-state index in [9.17, 15) is 0 Å². The van der Waals surface area contributed by atoms with Gasteiger partial charge in [0.15, 0.2) is 0 Å². The van der Waals surface area contributed by atoms with E-state index in [1.165, 1.54) is 38.5 Å². The molecule has 2 unspecified atom stereocenters. The summed E-state index contributed by atoms with van der Waals surface area (Å²) < 4.78 is 0. The van der Waals surface area contributed by atoms with E-state index in [1.54, 1.807) is 25.7 Å². The Bertz CT molecular complexity index is 155. The molecule has 0 aromatic carbocycles. The smallest absolute Gasteiger partial charge is 0.0386 e. The molecule has 2 rings (SSSR count). The first-order chi connectivity index (χ1) is 6.90. The molecule has 2 aliphatic carbocycles. The minimum absolute atomic E-state index is 1.07. The highest BCUT2D eigenvalue weighted by Gasteiger charge is 2.27. The van der Waals surface area contributed by atoms with Crippen LogP contribution >= 0.6 is 0 Å². The Balaban J connectivity index is 1.82. The second-order valence-corrected chi connectivity index (χ2v) is 5.59. The van der Waals surface area contributed by atoms with Gasteiger partial charge in [-0.05, 0) is 24.2 Å². The van der Waals surface area contributed by atoms with Crippen LogP contribution in [0.5, 0.6) is 0 Å². The van der Waals surface area contributed by atoms with Crippen molar-refractivity contribution in [1.82, 2.24) is 0 Å². The fourth-order valence-electron chi connectivity index (χ4n) is 3.72. The molecule has 2 atom stereocenters. The predicted octanol–water partition coefficient (Wildman–Crippen LogP) is 4.78. The lowest BCUT2D eigenvalue weighted by molar-refractivity contribution is 0.299. The monoisotopic (exact) mass is 194 g/mol. The van der Waals surface area contributed by atoms with Gasteiger partial charge in [-0.25, -0.2) is 0 Å². The van der Waals surface area contributed by atoms with Crippen LogP contribution in [0.2, 0.25) is 0 Å². The first kappa shape index (κ1) is 10.5. The summed E-state index contributed by atoms with van der Waals surface area (Å²) >= 11 is 0. The molecule has 14 heavy (non-hydrogen) atoms. The summed E-state index contributed by atoms with van der Waals surface area (Å²) in [6.07, 6.45) is 15.3. The molecule has 2 saturated carbocycles. The average molecular weight is 194 g/mol. The number of hydrogen-bond acceptors (Lipinski definition) is 0. The van der Waals surface area contributed by atoms with Crippen molar-refractivity contribution >= 4 is 0 Å². The summed E-state index contributed by atoms with van der Waals surface area (Å²) in [7, 11) is 0. The van der Waals surface area contributed by atoms with Crippen LogP contribution in [0.25, 0.3) is 0 Å². The van der Waals surface area contributed by atoms with Crippen LogP contribution < -0.4 is 0 Å². The molecule has 2 aliphatic rings. The summed E-state index contributed by atoms with van der Waals surface area (Å²) in [5.74, 6) is 3.32. The van der Waals surface area contributed by atoms with E-state index in [1.807, 2.05) is 0 Å². The van der Waals surface area contributed by atoms with E-state index in [4.69, 9.17) is 0 Å². The quantitative estimate of drug-likeness (QED) is 0.555. The maximum absolute atomic E-state index is 2.38. The summed E-state index contributed by atoms with van der Waals surface area (Å²) in [6, 6.07) is 0. The van der Waals surface area contributed by atoms with Gasteiger partial charge in [-0.2, -0.15) is 0 Å². The number of hydrogen-bond donors (Lipinski definition) is 0. The first-order valence-electron chi connectivity index (χ1n) is 6.90. The molecule has 0 saturated heterocycles. The molecule has 0 aromatic rings. The highest BCUT2D eigenvalue weighted by atomic mass is 14.3. The van der Waals surface area contributed by atoms with Crippen molar-refractivity contribution in [2.75, 3.05) is 0 Å². The summed E-state index contributed by atoms with van der Waals surface area (Å²) in [4.78, 5) is 0. The Morgan fingerprint density at radius 1 is 0.714 bits per heavy atom. The first-order valence-corrected chi connectivity index (χ1v) is 6.90. The molecule has 0 bridgehead atoms. The van der Waals surface area contributed by atoms with E-state index >= 15 is 0 Å². The molecule has 0 aromatic heterocycles. The second-order valence-electron chi connectivity index (χ2n) is 5.59. The molecule has 0 radical (unpaired) electrons. The zero-order valence-corrected chi connectivity index (χ0v) is 9.80. The second kappa shape index (κ2) is 5.19. The third-order valence-electron chi connectivity index (χ3n) is 4.78. The minimum Gasteiger partial charge on any atom is -0.0651 e. The van der Waals surface area contributed by atoms with Crippen molar-refractivity contribution in [3.63, 3.8) is 0 Å². The SMILES string of the molecule is CCC1CCCC(C2CCCC2)CC1. The van der Waals surface area contributed by atoms with Gasteiger partial charge in [0.1, 0.15) is 0 Å². The lowest BCUT2D eigenvalue weighted by Gasteiger charge is -2.21. The average Bonchev–Trinajstić information content (AvgIpc) is 2.63. The van der Waals surface area contributed by atoms with Gasteiger partial charge in [0, 0.05) is 0 Å². The molecule has 82 valence electrons. The Labute approximate surface area is 89.5 Å². The molecule has 0 nitrogen and oxygen atoms in total. The minimum atomic E-state index is 1.07. The van der Waals surface area contributed by atoms with Crippen molar-refractivity contribution in [1.29, 1.82) is 0 Å². The fourth-order valence-corrected chi connectivity index (χ4v) is 3.72. The zero-order chi connectivity index (χ0) is 9.80. The topological polar surface area (TPSA) is 0 Å². The Hall–Kier alpha value is 0. The third kappa shape index (κ3) is 2.52. The predicted molar refractivity (Wildman–Crippen MR) is 62.3 cm³/mol. The molecule has 0 spiro atoms. The lowest BCUT2D eigenvalue weighted by atomic mass is 9.85. The van der Waals surface area contributed by atoms with E-state index in [0.717, 1.165) is 17.8 Å². The highest BCUT2D eigenvalue weighted by molar-refractivity contribution is 4.78. The lowest BCUT2D eigenvalue weighted by Crippen LogP contribution is -2.10. The molecular formula is C14H26. The van der Waals surface area contributed by atoms with E-state index < -0.39 is 0 Å². The largest absolute Gasteiger partial charge is 0.0651 e. The van der Waals surface area contributed by atoms with Crippen molar-refractivity contribution in [3.05, 3.63) is 0 Å². The van der Waals surface area contributed by atoms with E-state index in [2.05, 4.69) is 6.92 Å². The summed E-state index contributed by atoms with van der Waals surface area (Å²) in [6.45, 7) is 2.38. The van der Waals surface area contributed by atoms with Crippen LogP contribution in [0.3, 0.4) is 0 Å². The van der Waals surface area contributed by atoms with Gasteiger partial charge in [0.2, 0.25) is 0 Å². The van der Waals surface area contributed by atoms with Crippen molar-refractivity contribution in [2.45, 2.75) is 71.1 Å². The summed E-state index contributed by atoms with van der Waals surface area (Å²) in [5.41, 5.74) is 0. The normalized spacial score (nSPS) is 35.8. The zero-order valence-electron chi connectivity index (χ0n) is 9.80. The highest BCUT2D eigenvalue weighted by Crippen LogP contribution is 2.40. The molecule has 0 N–H and O–H groups in total. The van der Waals surface area contributed by atoms with Gasteiger partial charge < -0.3 is 0 Å². The molecular weight excluding hydrogens is 168 g/mol. The van der Waals surface area contributed by atoms with Gasteiger partial charge in [0.25, 0.3) is 0 Å². The molecule has 0 heteroatoms. The maximum Gasteiger partial charge on any atom is -0.0386 e. The van der Waals surface area contributed by atoms with Crippen LogP contribution in [0.1, 0.15) is 71.1 Å². The Morgan fingerprint density at radius 2 is 1.36 bits per heavy atom.